The fourth-order valence-electron chi connectivity index (χ4n) is 2.06. The van der Waals surface area contributed by atoms with Crippen LogP contribution in [0.4, 0.5) is 0 Å². The van der Waals surface area contributed by atoms with Crippen LogP contribution in [0.5, 0.6) is 0 Å². The van der Waals surface area contributed by atoms with Gasteiger partial charge in [0.25, 0.3) is 10.7 Å². The molecule has 0 bridgehead atoms. The van der Waals surface area contributed by atoms with Crippen LogP contribution in [0.1, 0.15) is 16.8 Å². The normalized spacial score (nSPS) is 19.1. The number of H-pyrrole nitrogens is 1. The fraction of sp³-hybridized carbons (Fsp3) is 0.385. The second-order valence-electron chi connectivity index (χ2n) is 4.54. The van der Waals surface area contributed by atoms with Crippen LogP contribution < -0.4 is 5.32 Å². The number of carbonyl (C=O) groups excluding carboxylic acids is 1. The average molecular weight is 294 g/mol. The molecule has 2 aromatic rings. The van der Waals surface area contributed by atoms with E-state index < -0.39 is 0 Å². The smallest absolute Gasteiger partial charge is 0.266 e. The topological polar surface area (TPSA) is 76.5 Å². The number of amides is 1. The third-order valence-electron chi connectivity index (χ3n) is 3.14. The summed E-state index contributed by atoms with van der Waals surface area (Å²) in [6.07, 6.45) is 0.791. The van der Waals surface area contributed by atoms with Crippen molar-refractivity contribution in [1.29, 1.82) is 0 Å². The molecule has 2 N–H and O–H groups in total. The summed E-state index contributed by atoms with van der Waals surface area (Å²) in [5.41, 5.74) is 1.88. The maximum absolute atomic E-state index is 12.1. The molecule has 1 aromatic heterocycles. The summed E-state index contributed by atoms with van der Waals surface area (Å²) < 4.78 is 15.7. The second kappa shape index (κ2) is 5.74. The molecule has 7 heteroatoms. The Bertz CT molecular complexity index is 672. The van der Waals surface area contributed by atoms with Gasteiger partial charge in [0.1, 0.15) is 6.79 Å². The number of rotatable bonds is 3. The summed E-state index contributed by atoms with van der Waals surface area (Å²) in [4.78, 5) is 15.3. The molecule has 1 aliphatic rings. The van der Waals surface area contributed by atoms with Gasteiger partial charge in [-0.1, -0.05) is 0 Å². The molecule has 0 spiro atoms. The zero-order valence-electron chi connectivity index (χ0n) is 10.7. The van der Waals surface area contributed by atoms with Gasteiger partial charge in [0.05, 0.1) is 18.2 Å². The van der Waals surface area contributed by atoms with E-state index in [0.717, 1.165) is 11.9 Å². The lowest BCUT2D eigenvalue weighted by Gasteiger charge is -2.22. The molecular formula is C13H14N2O4S. The minimum absolute atomic E-state index is 0.00706. The van der Waals surface area contributed by atoms with Crippen LogP contribution >= 0.6 is 12.2 Å². The van der Waals surface area contributed by atoms with Crippen molar-refractivity contribution < 1.29 is 18.7 Å². The number of benzene rings is 1. The third kappa shape index (κ3) is 2.90. The standard InChI is InChI=1S/C13H14N2O4S/c16-12(14-6-9-3-4-17-7-18-9)8-1-2-10-11(5-8)19-13(20)15-10/h1-2,5,9H,3-4,6-7H2,(H,14,16)(H,15,20). The Morgan fingerprint density at radius 3 is 3.20 bits per heavy atom. The van der Waals surface area contributed by atoms with Gasteiger partial charge in [0.2, 0.25) is 0 Å². The number of ether oxygens (including phenoxy) is 2. The van der Waals surface area contributed by atoms with Gasteiger partial charge >= 0.3 is 0 Å². The third-order valence-corrected chi connectivity index (χ3v) is 3.33. The van der Waals surface area contributed by atoms with Crippen LogP contribution in [0.2, 0.25) is 0 Å². The molecule has 1 aromatic carbocycles. The van der Waals surface area contributed by atoms with Gasteiger partial charge in [-0.2, -0.15) is 0 Å². The van der Waals surface area contributed by atoms with Crippen LogP contribution in [0.25, 0.3) is 11.1 Å². The van der Waals surface area contributed by atoms with Crippen LogP contribution in [-0.2, 0) is 9.47 Å². The number of hydrogen-bond acceptors (Lipinski definition) is 5. The predicted molar refractivity (Wildman–Crippen MR) is 74.0 cm³/mol. The molecule has 1 aliphatic heterocycles. The van der Waals surface area contributed by atoms with E-state index in [1.54, 1.807) is 18.2 Å². The Balaban J connectivity index is 1.66. The van der Waals surface area contributed by atoms with Gasteiger partial charge in [-0.25, -0.2) is 0 Å². The first-order valence-electron chi connectivity index (χ1n) is 6.33. The molecule has 2 heterocycles. The summed E-state index contributed by atoms with van der Waals surface area (Å²) in [5.74, 6) is -0.163. The van der Waals surface area contributed by atoms with Crippen molar-refractivity contribution in [1.82, 2.24) is 10.3 Å². The van der Waals surface area contributed by atoms with E-state index in [1.807, 2.05) is 0 Å². The van der Waals surface area contributed by atoms with Crippen molar-refractivity contribution in [2.24, 2.45) is 0 Å². The van der Waals surface area contributed by atoms with E-state index in [2.05, 4.69) is 10.3 Å². The lowest BCUT2D eigenvalue weighted by atomic mass is 10.2. The van der Waals surface area contributed by atoms with Crippen LogP contribution in [0.3, 0.4) is 0 Å². The lowest BCUT2D eigenvalue weighted by Crippen LogP contribution is -2.37. The van der Waals surface area contributed by atoms with Gasteiger partial charge in [-0.15, -0.1) is 0 Å². The maximum Gasteiger partial charge on any atom is 0.266 e. The largest absolute Gasteiger partial charge is 0.429 e. The SMILES string of the molecule is O=C(NCC1CCOCO1)c1ccc2[nH]c(=S)oc2c1. The van der Waals surface area contributed by atoms with Crippen molar-refractivity contribution in [3.63, 3.8) is 0 Å². The molecule has 3 rings (SSSR count). The highest BCUT2D eigenvalue weighted by Gasteiger charge is 2.16. The Labute approximate surface area is 120 Å². The molecule has 1 unspecified atom stereocenters. The Kier molecular flexibility index (Phi) is 3.81. The van der Waals surface area contributed by atoms with E-state index >= 15 is 0 Å². The molecule has 6 nitrogen and oxygen atoms in total. The fourth-order valence-corrected chi connectivity index (χ4v) is 2.26. The number of carbonyl (C=O) groups is 1. The molecule has 0 aliphatic carbocycles. The maximum atomic E-state index is 12.1. The van der Waals surface area contributed by atoms with Gasteiger partial charge < -0.3 is 24.2 Å². The first-order chi connectivity index (χ1) is 9.72. The van der Waals surface area contributed by atoms with Crippen molar-refractivity contribution in [2.75, 3.05) is 19.9 Å². The second-order valence-corrected chi connectivity index (χ2v) is 4.91. The molecule has 1 fully saturated rings. The zero-order chi connectivity index (χ0) is 13.9. The molecule has 106 valence electrons. The highest BCUT2D eigenvalue weighted by Crippen LogP contribution is 2.15. The Morgan fingerprint density at radius 1 is 1.50 bits per heavy atom. The molecule has 1 atom stereocenters. The average Bonchev–Trinajstić information content (AvgIpc) is 2.85. The van der Waals surface area contributed by atoms with Crippen molar-refractivity contribution in [2.45, 2.75) is 12.5 Å². The number of aromatic nitrogens is 1. The van der Waals surface area contributed by atoms with Gasteiger partial charge in [-0.05, 0) is 36.8 Å². The molecule has 0 saturated carbocycles. The molecule has 1 amide bonds. The van der Waals surface area contributed by atoms with E-state index in [-0.39, 0.29) is 18.8 Å². The first kappa shape index (κ1) is 13.3. The van der Waals surface area contributed by atoms with E-state index in [1.165, 1.54) is 0 Å². The first-order valence-corrected chi connectivity index (χ1v) is 6.73. The van der Waals surface area contributed by atoms with Gasteiger partial charge in [0.15, 0.2) is 5.58 Å². The highest BCUT2D eigenvalue weighted by molar-refractivity contribution is 7.71. The van der Waals surface area contributed by atoms with Crippen molar-refractivity contribution in [3.8, 4) is 0 Å². The summed E-state index contributed by atoms with van der Waals surface area (Å²) in [5, 5.41) is 2.84. The summed E-state index contributed by atoms with van der Waals surface area (Å²) >= 11 is 4.91. The van der Waals surface area contributed by atoms with Gasteiger partial charge in [0, 0.05) is 12.1 Å². The van der Waals surface area contributed by atoms with Crippen LogP contribution in [0.15, 0.2) is 22.6 Å². The number of oxazole rings is 1. The molecule has 20 heavy (non-hydrogen) atoms. The van der Waals surface area contributed by atoms with Crippen LogP contribution in [-0.4, -0.2) is 36.9 Å². The Morgan fingerprint density at radius 2 is 2.40 bits per heavy atom. The van der Waals surface area contributed by atoms with Crippen molar-refractivity contribution in [3.05, 3.63) is 28.6 Å². The van der Waals surface area contributed by atoms with E-state index in [0.29, 0.717) is 29.1 Å². The number of fused-ring (bicyclic) bond motifs is 1. The van der Waals surface area contributed by atoms with Crippen LogP contribution in [0, 0.1) is 4.84 Å². The van der Waals surface area contributed by atoms with E-state index in [9.17, 15) is 4.79 Å². The number of nitrogens with one attached hydrogen (secondary N) is 2. The quantitative estimate of drug-likeness (QED) is 0.847. The van der Waals surface area contributed by atoms with Gasteiger partial charge in [-0.3, -0.25) is 4.79 Å². The minimum Gasteiger partial charge on any atom is -0.429 e. The summed E-state index contributed by atoms with van der Waals surface area (Å²) in [6.45, 7) is 1.42. The van der Waals surface area contributed by atoms with Crippen molar-refractivity contribution >= 4 is 29.2 Å². The number of aromatic amines is 1. The zero-order valence-corrected chi connectivity index (χ0v) is 11.5. The monoisotopic (exact) mass is 294 g/mol. The minimum atomic E-state index is -0.163. The molecule has 1 saturated heterocycles. The number of hydrogen-bond donors (Lipinski definition) is 2. The molecular weight excluding hydrogens is 280 g/mol. The summed E-state index contributed by atoms with van der Waals surface area (Å²) in [7, 11) is 0. The highest BCUT2D eigenvalue weighted by atomic mass is 32.1. The molecule has 0 radical (unpaired) electrons. The predicted octanol–water partition coefficient (Wildman–Crippen LogP) is 1.98. The van der Waals surface area contributed by atoms with E-state index in [4.69, 9.17) is 26.1 Å². The Hall–Kier alpha value is -1.70. The summed E-state index contributed by atoms with van der Waals surface area (Å²) in [6, 6.07) is 5.17. The lowest BCUT2D eigenvalue weighted by molar-refractivity contribution is -0.136.